The monoisotopic (exact) mass is 299 g/mol. The minimum atomic E-state index is -0.185. The van der Waals surface area contributed by atoms with E-state index in [0.29, 0.717) is 18.2 Å². The molecule has 0 spiro atoms. The second-order valence-electron chi connectivity index (χ2n) is 6.37. The van der Waals surface area contributed by atoms with Crippen molar-refractivity contribution in [3.8, 4) is 0 Å². The fourth-order valence-electron chi connectivity index (χ4n) is 2.82. The smallest absolute Gasteiger partial charge is 0.239 e. The van der Waals surface area contributed by atoms with E-state index in [1.54, 1.807) is 0 Å². The summed E-state index contributed by atoms with van der Waals surface area (Å²) in [5.74, 6) is 0.0609. The van der Waals surface area contributed by atoms with Crippen LogP contribution in [0.5, 0.6) is 0 Å². The zero-order valence-electron chi connectivity index (χ0n) is 12.4. The molecule has 1 saturated carbocycles. The summed E-state index contributed by atoms with van der Waals surface area (Å²) < 4.78 is 5.48. The Labute approximate surface area is 126 Å². The quantitative estimate of drug-likeness (QED) is 0.706. The van der Waals surface area contributed by atoms with Gasteiger partial charge in [0, 0.05) is 25.6 Å². The van der Waals surface area contributed by atoms with Crippen LogP contribution in [0.2, 0.25) is 0 Å². The molecular weight excluding hydrogens is 274 g/mol. The van der Waals surface area contributed by atoms with Crippen LogP contribution in [-0.4, -0.2) is 54.2 Å². The average Bonchev–Trinajstić information content (AvgIpc) is 3.07. The summed E-state index contributed by atoms with van der Waals surface area (Å²) in [5, 5.41) is 2.98. The minimum absolute atomic E-state index is 0.0609. The summed E-state index contributed by atoms with van der Waals surface area (Å²) in [6, 6.07) is -0.0345. The van der Waals surface area contributed by atoms with Gasteiger partial charge in [-0.2, -0.15) is 0 Å². The van der Waals surface area contributed by atoms with Crippen LogP contribution < -0.4 is 11.1 Å². The van der Waals surface area contributed by atoms with Gasteiger partial charge in [0.1, 0.15) is 6.04 Å². The summed E-state index contributed by atoms with van der Waals surface area (Å²) in [5.41, 5.74) is 5.90. The number of ether oxygens (including phenoxy) is 1. The Morgan fingerprint density at radius 2 is 2.25 bits per heavy atom. The summed E-state index contributed by atoms with van der Waals surface area (Å²) in [4.78, 5) is 15.1. The predicted octanol–water partition coefficient (Wildman–Crippen LogP) is 0.668. The standard InChI is InChI=1S/C14H25N3O2S/c1-10(2)16-13(18)11-8-19-6-5-17(11)9-14(3-4-14)7-12(15)20/h10-11H,3-9H2,1-2H3,(H2,15,20)(H,16,18). The fraction of sp³-hybridized carbons (Fsp3) is 0.857. The third-order valence-corrected chi connectivity index (χ3v) is 4.16. The van der Waals surface area contributed by atoms with Gasteiger partial charge in [-0.3, -0.25) is 9.69 Å². The van der Waals surface area contributed by atoms with Crippen LogP contribution in [0.1, 0.15) is 33.1 Å². The SMILES string of the molecule is CC(C)NC(=O)C1COCCN1CC1(CC(N)=S)CC1. The van der Waals surface area contributed by atoms with Gasteiger partial charge < -0.3 is 15.8 Å². The van der Waals surface area contributed by atoms with E-state index in [1.165, 1.54) is 0 Å². The minimum Gasteiger partial charge on any atom is -0.393 e. The highest BCUT2D eigenvalue weighted by molar-refractivity contribution is 7.80. The van der Waals surface area contributed by atoms with Gasteiger partial charge in [0.05, 0.1) is 18.2 Å². The molecule has 0 aromatic rings. The van der Waals surface area contributed by atoms with Crippen LogP contribution >= 0.6 is 12.2 Å². The number of amides is 1. The second kappa shape index (κ2) is 6.37. The largest absolute Gasteiger partial charge is 0.393 e. The zero-order valence-corrected chi connectivity index (χ0v) is 13.2. The van der Waals surface area contributed by atoms with Crippen molar-refractivity contribution in [2.75, 3.05) is 26.3 Å². The molecule has 6 heteroatoms. The van der Waals surface area contributed by atoms with E-state index < -0.39 is 0 Å². The Hall–Kier alpha value is -0.720. The molecule has 2 rings (SSSR count). The molecule has 1 amide bonds. The van der Waals surface area contributed by atoms with Crippen molar-refractivity contribution in [2.45, 2.75) is 45.2 Å². The third kappa shape index (κ3) is 4.14. The lowest BCUT2D eigenvalue weighted by molar-refractivity contribution is -0.133. The number of thiocarbonyl (C=S) groups is 1. The predicted molar refractivity (Wildman–Crippen MR) is 82.5 cm³/mol. The molecule has 0 bridgehead atoms. The fourth-order valence-corrected chi connectivity index (χ4v) is 3.12. The maximum Gasteiger partial charge on any atom is 0.239 e. The Balaban J connectivity index is 1.97. The molecule has 1 heterocycles. The first kappa shape index (κ1) is 15.7. The average molecular weight is 299 g/mol. The summed E-state index contributed by atoms with van der Waals surface area (Å²) in [6.45, 7) is 6.80. The van der Waals surface area contributed by atoms with Crippen LogP contribution in [0.25, 0.3) is 0 Å². The summed E-state index contributed by atoms with van der Waals surface area (Å²) in [6.07, 6.45) is 3.10. The van der Waals surface area contributed by atoms with E-state index in [9.17, 15) is 4.79 Å². The van der Waals surface area contributed by atoms with Gasteiger partial charge in [-0.25, -0.2) is 0 Å². The number of nitrogens with two attached hydrogens (primary N) is 1. The Bertz CT molecular complexity index is 383. The van der Waals surface area contributed by atoms with Crippen LogP contribution in [-0.2, 0) is 9.53 Å². The van der Waals surface area contributed by atoms with Crippen LogP contribution in [0.4, 0.5) is 0 Å². The van der Waals surface area contributed by atoms with Crippen molar-refractivity contribution in [2.24, 2.45) is 11.1 Å². The number of hydrogen-bond donors (Lipinski definition) is 2. The Kier molecular flexibility index (Phi) is 4.99. The molecule has 114 valence electrons. The van der Waals surface area contributed by atoms with Crippen molar-refractivity contribution in [3.63, 3.8) is 0 Å². The van der Waals surface area contributed by atoms with E-state index in [0.717, 1.165) is 32.4 Å². The van der Waals surface area contributed by atoms with Crippen LogP contribution in [0.3, 0.4) is 0 Å². The lowest BCUT2D eigenvalue weighted by atomic mass is 10.00. The van der Waals surface area contributed by atoms with Crippen LogP contribution in [0, 0.1) is 5.41 Å². The summed E-state index contributed by atoms with van der Waals surface area (Å²) in [7, 11) is 0. The van der Waals surface area contributed by atoms with Gasteiger partial charge in [0.15, 0.2) is 0 Å². The third-order valence-electron chi connectivity index (χ3n) is 4.02. The molecule has 5 nitrogen and oxygen atoms in total. The number of carbonyl (C=O) groups is 1. The van der Waals surface area contributed by atoms with Gasteiger partial charge in [-0.15, -0.1) is 0 Å². The Morgan fingerprint density at radius 1 is 1.55 bits per heavy atom. The van der Waals surface area contributed by atoms with Crippen LogP contribution in [0.15, 0.2) is 0 Å². The molecule has 0 radical (unpaired) electrons. The number of nitrogens with zero attached hydrogens (tertiary/aromatic N) is 1. The van der Waals surface area contributed by atoms with Gasteiger partial charge in [-0.1, -0.05) is 12.2 Å². The molecule has 1 unspecified atom stereocenters. The first-order valence-corrected chi connectivity index (χ1v) is 7.73. The molecular formula is C14H25N3O2S. The lowest BCUT2D eigenvalue weighted by Crippen LogP contribution is -2.56. The highest BCUT2D eigenvalue weighted by Gasteiger charge is 2.46. The number of rotatable bonds is 6. The maximum atomic E-state index is 12.3. The molecule has 1 atom stereocenters. The topological polar surface area (TPSA) is 67.6 Å². The molecule has 1 saturated heterocycles. The van der Waals surface area contributed by atoms with Gasteiger partial charge in [0.2, 0.25) is 5.91 Å². The Morgan fingerprint density at radius 3 is 2.80 bits per heavy atom. The molecule has 2 fully saturated rings. The summed E-state index contributed by atoms with van der Waals surface area (Å²) >= 11 is 5.04. The molecule has 20 heavy (non-hydrogen) atoms. The van der Waals surface area contributed by atoms with E-state index in [-0.39, 0.29) is 23.4 Å². The van der Waals surface area contributed by atoms with Crippen molar-refractivity contribution < 1.29 is 9.53 Å². The van der Waals surface area contributed by atoms with E-state index in [1.807, 2.05) is 13.8 Å². The number of hydrogen-bond acceptors (Lipinski definition) is 4. The van der Waals surface area contributed by atoms with Crippen molar-refractivity contribution >= 4 is 23.1 Å². The van der Waals surface area contributed by atoms with Gasteiger partial charge >= 0.3 is 0 Å². The van der Waals surface area contributed by atoms with E-state index in [2.05, 4.69) is 10.2 Å². The van der Waals surface area contributed by atoms with Gasteiger partial charge in [0.25, 0.3) is 0 Å². The molecule has 0 aromatic carbocycles. The number of carbonyl (C=O) groups excluding carboxylic acids is 1. The molecule has 1 aliphatic carbocycles. The maximum absolute atomic E-state index is 12.3. The highest BCUT2D eigenvalue weighted by atomic mass is 32.1. The van der Waals surface area contributed by atoms with E-state index in [4.69, 9.17) is 22.7 Å². The first-order valence-electron chi connectivity index (χ1n) is 7.32. The molecule has 1 aliphatic heterocycles. The van der Waals surface area contributed by atoms with Crippen molar-refractivity contribution in [1.82, 2.24) is 10.2 Å². The lowest BCUT2D eigenvalue weighted by Gasteiger charge is -2.37. The first-order chi connectivity index (χ1) is 9.42. The van der Waals surface area contributed by atoms with Crippen molar-refractivity contribution in [3.05, 3.63) is 0 Å². The van der Waals surface area contributed by atoms with Gasteiger partial charge in [-0.05, 0) is 32.1 Å². The molecule has 0 aromatic heterocycles. The van der Waals surface area contributed by atoms with E-state index >= 15 is 0 Å². The number of nitrogens with one attached hydrogen (secondary N) is 1. The second-order valence-corrected chi connectivity index (χ2v) is 6.89. The highest BCUT2D eigenvalue weighted by Crippen LogP contribution is 2.49. The zero-order chi connectivity index (χ0) is 14.8. The normalized spacial score (nSPS) is 25.4. The van der Waals surface area contributed by atoms with Crippen molar-refractivity contribution in [1.29, 1.82) is 0 Å². The molecule has 3 N–H and O–H groups in total. The number of morpholine rings is 1. The molecule has 2 aliphatic rings.